The number of hydrogen-bond acceptors (Lipinski definition) is 2. The van der Waals surface area contributed by atoms with E-state index >= 15 is 0 Å². The monoisotopic (exact) mass is 151 g/mol. The summed E-state index contributed by atoms with van der Waals surface area (Å²) in [5, 5.41) is 0. The molecule has 0 bridgehead atoms. The molecule has 0 fully saturated rings. The standard InChI is InChI=1S/C9H13NO/c1-5-6-10(4)8(2)7-9(3)11/h7H,1-4H3/b8-7-. The number of hydrogen-bond donors (Lipinski definition) is 0. The molecule has 2 nitrogen and oxygen atoms in total. The summed E-state index contributed by atoms with van der Waals surface area (Å²) in [5.41, 5.74) is 0.867. The lowest BCUT2D eigenvalue weighted by atomic mass is 10.3. The lowest BCUT2D eigenvalue weighted by Gasteiger charge is -2.09. The molecule has 2 heteroatoms. The second kappa shape index (κ2) is 4.56. The second-order valence-corrected chi connectivity index (χ2v) is 2.32. The Bertz CT molecular complexity index is 230. The fraction of sp³-hybridized carbons (Fsp3) is 0.444. The Morgan fingerprint density at radius 3 is 2.36 bits per heavy atom. The van der Waals surface area contributed by atoms with E-state index < -0.39 is 0 Å². The van der Waals surface area contributed by atoms with E-state index in [1.165, 1.54) is 6.92 Å². The Labute approximate surface area is 67.9 Å². The van der Waals surface area contributed by atoms with E-state index in [0.29, 0.717) is 0 Å². The molecule has 0 amide bonds. The van der Waals surface area contributed by atoms with Gasteiger partial charge in [-0.25, -0.2) is 0 Å². The van der Waals surface area contributed by atoms with Crippen molar-refractivity contribution < 1.29 is 4.79 Å². The molecular weight excluding hydrogens is 138 g/mol. The van der Waals surface area contributed by atoms with Crippen molar-refractivity contribution in [1.82, 2.24) is 4.90 Å². The van der Waals surface area contributed by atoms with E-state index in [9.17, 15) is 4.79 Å². The Morgan fingerprint density at radius 2 is 2.00 bits per heavy atom. The smallest absolute Gasteiger partial charge is 0.154 e. The minimum Gasteiger partial charge on any atom is -0.309 e. The Kier molecular flexibility index (Phi) is 4.05. The van der Waals surface area contributed by atoms with Gasteiger partial charge in [-0.1, -0.05) is 5.92 Å². The number of nitrogens with zero attached hydrogens (tertiary/aromatic N) is 1. The van der Waals surface area contributed by atoms with Gasteiger partial charge < -0.3 is 4.90 Å². The quantitative estimate of drug-likeness (QED) is 0.338. The third-order valence-electron chi connectivity index (χ3n) is 1.22. The van der Waals surface area contributed by atoms with Crippen LogP contribution in [0, 0.1) is 12.0 Å². The first-order chi connectivity index (χ1) is 5.07. The number of allylic oxidation sites excluding steroid dienone is 2. The molecule has 0 aliphatic carbocycles. The number of carbonyl (C=O) groups excluding carboxylic acids is 1. The molecule has 0 atom stereocenters. The van der Waals surface area contributed by atoms with Crippen molar-refractivity contribution in [2.45, 2.75) is 20.8 Å². The van der Waals surface area contributed by atoms with Crippen molar-refractivity contribution >= 4 is 5.78 Å². The highest BCUT2D eigenvalue weighted by atomic mass is 16.1. The van der Waals surface area contributed by atoms with Crippen molar-refractivity contribution in [3.63, 3.8) is 0 Å². The van der Waals surface area contributed by atoms with Crippen molar-refractivity contribution in [1.29, 1.82) is 0 Å². The molecule has 0 aliphatic heterocycles. The first-order valence-corrected chi connectivity index (χ1v) is 3.43. The van der Waals surface area contributed by atoms with Gasteiger partial charge in [0.15, 0.2) is 5.78 Å². The molecular formula is C9H13NO. The van der Waals surface area contributed by atoms with E-state index in [2.05, 4.69) is 12.0 Å². The predicted octanol–water partition coefficient (Wildman–Crippen LogP) is 1.39. The molecule has 0 radical (unpaired) electrons. The van der Waals surface area contributed by atoms with Gasteiger partial charge in [-0.15, -0.1) is 0 Å². The minimum absolute atomic E-state index is 0.0484. The molecule has 0 heterocycles. The van der Waals surface area contributed by atoms with Gasteiger partial charge in [0.25, 0.3) is 0 Å². The van der Waals surface area contributed by atoms with Gasteiger partial charge in [0.1, 0.15) is 0 Å². The van der Waals surface area contributed by atoms with E-state index in [-0.39, 0.29) is 5.78 Å². The molecule has 11 heavy (non-hydrogen) atoms. The Hall–Kier alpha value is -1.23. The average molecular weight is 151 g/mol. The molecule has 0 spiro atoms. The molecule has 0 aromatic carbocycles. The number of rotatable bonds is 2. The van der Waals surface area contributed by atoms with Crippen LogP contribution in [0.1, 0.15) is 20.8 Å². The highest BCUT2D eigenvalue weighted by Gasteiger charge is 1.94. The summed E-state index contributed by atoms with van der Waals surface area (Å²) in [4.78, 5) is 12.3. The first kappa shape index (κ1) is 9.77. The molecule has 0 saturated heterocycles. The van der Waals surface area contributed by atoms with Crippen LogP contribution in [0.4, 0.5) is 0 Å². The molecule has 60 valence electrons. The van der Waals surface area contributed by atoms with Crippen molar-refractivity contribution in [3.8, 4) is 12.0 Å². The average Bonchev–Trinajstić information content (AvgIpc) is 1.86. The fourth-order valence-corrected chi connectivity index (χ4v) is 0.647. The second-order valence-electron chi connectivity index (χ2n) is 2.32. The van der Waals surface area contributed by atoms with Gasteiger partial charge in [0, 0.05) is 24.9 Å². The van der Waals surface area contributed by atoms with Gasteiger partial charge in [-0.05, 0) is 20.8 Å². The largest absolute Gasteiger partial charge is 0.309 e. The number of ketones is 1. The highest BCUT2D eigenvalue weighted by molar-refractivity contribution is 5.87. The van der Waals surface area contributed by atoms with Gasteiger partial charge in [-0.3, -0.25) is 4.79 Å². The molecule has 0 N–H and O–H groups in total. The zero-order valence-electron chi connectivity index (χ0n) is 7.43. The number of carbonyl (C=O) groups is 1. The summed E-state index contributed by atoms with van der Waals surface area (Å²) in [6, 6.07) is 2.81. The van der Waals surface area contributed by atoms with Crippen LogP contribution < -0.4 is 0 Å². The van der Waals surface area contributed by atoms with E-state index in [4.69, 9.17) is 0 Å². The summed E-state index contributed by atoms with van der Waals surface area (Å²) in [6.07, 6.45) is 1.56. The van der Waals surface area contributed by atoms with E-state index in [1.807, 2.05) is 14.0 Å². The zero-order valence-corrected chi connectivity index (χ0v) is 7.43. The lowest BCUT2D eigenvalue weighted by Crippen LogP contribution is -2.08. The SMILES string of the molecule is CC#CN(C)/C(C)=C\C(C)=O. The summed E-state index contributed by atoms with van der Waals surface area (Å²) >= 11 is 0. The van der Waals surface area contributed by atoms with Crippen LogP contribution in [-0.4, -0.2) is 17.7 Å². The van der Waals surface area contributed by atoms with E-state index in [1.54, 1.807) is 17.9 Å². The van der Waals surface area contributed by atoms with Gasteiger partial charge in [-0.2, -0.15) is 0 Å². The molecule has 0 saturated carbocycles. The fourth-order valence-electron chi connectivity index (χ4n) is 0.647. The predicted molar refractivity (Wildman–Crippen MR) is 45.7 cm³/mol. The van der Waals surface area contributed by atoms with Crippen molar-refractivity contribution in [3.05, 3.63) is 11.8 Å². The maximum Gasteiger partial charge on any atom is 0.154 e. The maximum atomic E-state index is 10.6. The molecule has 0 aromatic heterocycles. The van der Waals surface area contributed by atoms with Crippen LogP contribution in [0.5, 0.6) is 0 Å². The zero-order chi connectivity index (χ0) is 8.85. The van der Waals surface area contributed by atoms with Crippen LogP contribution in [0.15, 0.2) is 11.8 Å². The van der Waals surface area contributed by atoms with Gasteiger partial charge in [0.05, 0.1) is 0 Å². The first-order valence-electron chi connectivity index (χ1n) is 3.43. The molecule has 0 aromatic rings. The third-order valence-corrected chi connectivity index (χ3v) is 1.22. The maximum absolute atomic E-state index is 10.6. The summed E-state index contributed by atoms with van der Waals surface area (Å²) < 4.78 is 0. The van der Waals surface area contributed by atoms with Crippen LogP contribution in [0.2, 0.25) is 0 Å². The third kappa shape index (κ3) is 4.21. The Balaban J connectivity index is 4.31. The van der Waals surface area contributed by atoms with Crippen LogP contribution in [0.3, 0.4) is 0 Å². The van der Waals surface area contributed by atoms with Crippen molar-refractivity contribution in [2.75, 3.05) is 7.05 Å². The lowest BCUT2D eigenvalue weighted by molar-refractivity contribution is -0.112. The highest BCUT2D eigenvalue weighted by Crippen LogP contribution is 1.97. The van der Waals surface area contributed by atoms with Gasteiger partial charge >= 0.3 is 0 Å². The van der Waals surface area contributed by atoms with Gasteiger partial charge in [0.2, 0.25) is 0 Å². The van der Waals surface area contributed by atoms with Crippen LogP contribution in [0.25, 0.3) is 0 Å². The van der Waals surface area contributed by atoms with Crippen LogP contribution in [-0.2, 0) is 4.79 Å². The molecule has 0 unspecified atom stereocenters. The van der Waals surface area contributed by atoms with E-state index in [0.717, 1.165) is 5.70 Å². The van der Waals surface area contributed by atoms with Crippen molar-refractivity contribution in [2.24, 2.45) is 0 Å². The topological polar surface area (TPSA) is 20.3 Å². The summed E-state index contributed by atoms with van der Waals surface area (Å²) in [6.45, 7) is 5.14. The summed E-state index contributed by atoms with van der Waals surface area (Å²) in [5.74, 6) is 2.79. The van der Waals surface area contributed by atoms with Crippen LogP contribution >= 0.6 is 0 Å². The minimum atomic E-state index is 0.0484. The molecule has 0 rings (SSSR count). The Morgan fingerprint density at radius 1 is 1.45 bits per heavy atom. The molecule has 0 aliphatic rings. The normalized spacial score (nSPS) is 10.0. The summed E-state index contributed by atoms with van der Waals surface area (Å²) in [7, 11) is 1.82.